The number of nitrogens with one attached hydrogen (secondary N) is 2. The quantitative estimate of drug-likeness (QED) is 0.460. The van der Waals surface area contributed by atoms with E-state index in [4.69, 9.17) is 0 Å². The summed E-state index contributed by atoms with van der Waals surface area (Å²) in [7, 11) is 0. The maximum atomic E-state index is 12.5. The van der Waals surface area contributed by atoms with E-state index in [0.717, 1.165) is 22.9 Å². The molecule has 150 valence electrons. The van der Waals surface area contributed by atoms with Crippen molar-refractivity contribution >= 4 is 28.2 Å². The number of nitrogens with zero attached hydrogens (tertiary/aromatic N) is 5. The Balaban J connectivity index is 1.49. The molecule has 3 aromatic heterocycles. The Morgan fingerprint density at radius 1 is 1.03 bits per heavy atom. The van der Waals surface area contributed by atoms with Crippen LogP contribution >= 0.6 is 0 Å². The maximum absolute atomic E-state index is 12.5. The van der Waals surface area contributed by atoms with E-state index >= 15 is 0 Å². The van der Waals surface area contributed by atoms with Crippen molar-refractivity contribution in [2.45, 2.75) is 20.5 Å². The summed E-state index contributed by atoms with van der Waals surface area (Å²) in [4.78, 5) is 12.9. The second kappa shape index (κ2) is 7.82. The van der Waals surface area contributed by atoms with Gasteiger partial charge in [-0.2, -0.15) is 23.4 Å². The van der Waals surface area contributed by atoms with Gasteiger partial charge in [0.15, 0.2) is 0 Å². The number of hydrogen-bond acceptors (Lipinski definition) is 7. The van der Waals surface area contributed by atoms with Gasteiger partial charge in [-0.05, 0) is 38.1 Å². The Bertz CT molecular complexity index is 1160. The molecule has 0 fully saturated rings. The zero-order valence-corrected chi connectivity index (χ0v) is 15.9. The molecule has 0 aliphatic heterocycles. The van der Waals surface area contributed by atoms with Gasteiger partial charge in [0.1, 0.15) is 17.9 Å². The summed E-state index contributed by atoms with van der Waals surface area (Å²) in [6.07, 6.45) is 1.45. The number of rotatable bonds is 7. The van der Waals surface area contributed by atoms with E-state index in [0.29, 0.717) is 29.8 Å². The number of anilines is 2. The van der Waals surface area contributed by atoms with Crippen molar-refractivity contribution < 1.29 is 13.5 Å². The second-order valence-electron chi connectivity index (χ2n) is 6.48. The molecule has 0 spiro atoms. The van der Waals surface area contributed by atoms with Gasteiger partial charge in [0.05, 0.1) is 5.52 Å². The molecule has 0 radical (unpaired) electrons. The van der Waals surface area contributed by atoms with Crippen molar-refractivity contribution in [2.75, 3.05) is 23.7 Å². The van der Waals surface area contributed by atoms with Crippen molar-refractivity contribution in [3.05, 3.63) is 48.0 Å². The first kappa shape index (κ1) is 18.8. The monoisotopic (exact) mass is 399 g/mol. The molecule has 0 bridgehead atoms. The van der Waals surface area contributed by atoms with Gasteiger partial charge in [-0.3, -0.25) is 4.98 Å². The number of ether oxygens (including phenoxy) is 1. The third-order valence-corrected chi connectivity index (χ3v) is 4.26. The van der Waals surface area contributed by atoms with E-state index in [9.17, 15) is 8.78 Å². The lowest BCUT2D eigenvalue weighted by Gasteiger charge is -2.13. The van der Waals surface area contributed by atoms with Crippen LogP contribution in [0.3, 0.4) is 0 Å². The molecule has 1 aromatic carbocycles. The molecule has 8 nitrogen and oxygen atoms in total. The summed E-state index contributed by atoms with van der Waals surface area (Å²) in [6, 6.07) is 8.49. The third kappa shape index (κ3) is 4.15. The molecule has 0 aliphatic rings. The third-order valence-electron chi connectivity index (χ3n) is 4.26. The number of alkyl halides is 2. The highest BCUT2D eigenvalue weighted by Crippen LogP contribution is 2.28. The van der Waals surface area contributed by atoms with Gasteiger partial charge in [0.25, 0.3) is 5.78 Å². The lowest BCUT2D eigenvalue weighted by atomic mass is 10.1. The molecule has 4 rings (SSSR count). The van der Waals surface area contributed by atoms with E-state index in [1.807, 2.05) is 26.0 Å². The van der Waals surface area contributed by atoms with Crippen molar-refractivity contribution in [1.82, 2.24) is 24.6 Å². The minimum Gasteiger partial charge on any atom is -0.435 e. The predicted molar refractivity (Wildman–Crippen MR) is 106 cm³/mol. The zero-order valence-electron chi connectivity index (χ0n) is 15.9. The smallest absolute Gasteiger partial charge is 0.387 e. The summed E-state index contributed by atoms with van der Waals surface area (Å²) in [6.45, 7) is 2.07. The van der Waals surface area contributed by atoms with Gasteiger partial charge >= 0.3 is 6.61 Å². The van der Waals surface area contributed by atoms with Crippen molar-refractivity contribution in [3.63, 3.8) is 0 Å². The average Bonchev–Trinajstić information content (AvgIpc) is 3.13. The lowest BCUT2D eigenvalue weighted by Crippen LogP contribution is -2.16. The number of pyridine rings is 1. The molecule has 0 aliphatic carbocycles. The molecule has 4 aromatic rings. The normalized spacial score (nSPS) is 11.3. The first-order chi connectivity index (χ1) is 14.0. The van der Waals surface area contributed by atoms with Gasteiger partial charge in [-0.1, -0.05) is 0 Å². The van der Waals surface area contributed by atoms with E-state index in [-0.39, 0.29) is 5.75 Å². The summed E-state index contributed by atoms with van der Waals surface area (Å²) < 4.78 is 31.2. The maximum Gasteiger partial charge on any atom is 0.387 e. The molecule has 29 heavy (non-hydrogen) atoms. The van der Waals surface area contributed by atoms with Crippen LogP contribution in [0.15, 0.2) is 36.7 Å². The van der Waals surface area contributed by atoms with Crippen LogP contribution in [0.4, 0.5) is 20.3 Å². The van der Waals surface area contributed by atoms with Crippen LogP contribution in [0, 0.1) is 13.8 Å². The standard InChI is InChI=1S/C19H19F2N7O/c1-11-7-16(14-9-13(29-18(20)21)3-4-15(14)26-11)22-5-6-23-17-8-12(2)27-19-24-10-25-28(17)19/h3-4,7-10,18,23H,5-6H2,1-2H3,(H,22,26). The molecule has 0 unspecified atom stereocenters. The van der Waals surface area contributed by atoms with Crippen LogP contribution in [-0.2, 0) is 0 Å². The van der Waals surface area contributed by atoms with Crippen LogP contribution < -0.4 is 15.4 Å². The first-order valence-corrected chi connectivity index (χ1v) is 9.01. The zero-order chi connectivity index (χ0) is 20.4. The molecule has 0 saturated heterocycles. The number of halogens is 2. The van der Waals surface area contributed by atoms with Crippen molar-refractivity contribution in [2.24, 2.45) is 0 Å². The molecule has 0 saturated carbocycles. The first-order valence-electron chi connectivity index (χ1n) is 9.01. The summed E-state index contributed by atoms with van der Waals surface area (Å²) in [5, 5.41) is 11.5. The molecular weight excluding hydrogens is 380 g/mol. The van der Waals surface area contributed by atoms with Crippen LogP contribution in [0.1, 0.15) is 11.4 Å². The van der Waals surface area contributed by atoms with Gasteiger partial charge in [0, 0.05) is 41.6 Å². The fourth-order valence-electron chi connectivity index (χ4n) is 3.10. The van der Waals surface area contributed by atoms with Gasteiger partial charge in [-0.15, -0.1) is 0 Å². The second-order valence-corrected chi connectivity index (χ2v) is 6.48. The average molecular weight is 399 g/mol. The van der Waals surface area contributed by atoms with Crippen LogP contribution in [0.5, 0.6) is 5.75 Å². The largest absolute Gasteiger partial charge is 0.435 e. The Morgan fingerprint density at radius 3 is 2.66 bits per heavy atom. The van der Waals surface area contributed by atoms with Gasteiger partial charge in [-0.25, -0.2) is 4.98 Å². The van der Waals surface area contributed by atoms with Crippen LogP contribution in [0.25, 0.3) is 16.7 Å². The minimum atomic E-state index is -2.87. The summed E-state index contributed by atoms with van der Waals surface area (Å²) in [5.41, 5.74) is 3.16. The number of hydrogen-bond donors (Lipinski definition) is 2. The van der Waals surface area contributed by atoms with Crippen molar-refractivity contribution in [1.29, 1.82) is 0 Å². The number of fused-ring (bicyclic) bond motifs is 2. The topological polar surface area (TPSA) is 89.3 Å². The van der Waals surface area contributed by atoms with Gasteiger partial charge in [0.2, 0.25) is 0 Å². The van der Waals surface area contributed by atoms with E-state index in [1.165, 1.54) is 12.4 Å². The number of benzene rings is 1. The summed E-state index contributed by atoms with van der Waals surface area (Å²) in [5.74, 6) is 1.41. The molecular formula is C19H19F2N7O. The molecule has 2 N–H and O–H groups in total. The summed E-state index contributed by atoms with van der Waals surface area (Å²) >= 11 is 0. The highest BCUT2D eigenvalue weighted by Gasteiger charge is 2.09. The SMILES string of the molecule is Cc1cc(NCCNc2cc(C)nc3ncnn23)c2cc(OC(F)F)ccc2n1. The van der Waals surface area contributed by atoms with E-state index < -0.39 is 6.61 Å². The van der Waals surface area contributed by atoms with E-state index in [1.54, 1.807) is 16.6 Å². The minimum absolute atomic E-state index is 0.0974. The fourth-order valence-corrected chi connectivity index (χ4v) is 3.10. The highest BCUT2D eigenvalue weighted by atomic mass is 19.3. The fraction of sp³-hybridized carbons (Fsp3) is 0.263. The lowest BCUT2D eigenvalue weighted by molar-refractivity contribution is -0.0497. The Hall–Kier alpha value is -3.56. The van der Waals surface area contributed by atoms with Crippen LogP contribution in [-0.4, -0.2) is 44.3 Å². The Kier molecular flexibility index (Phi) is 5.07. The molecule has 3 heterocycles. The number of aryl methyl sites for hydroxylation is 2. The number of aromatic nitrogens is 5. The molecule has 0 atom stereocenters. The van der Waals surface area contributed by atoms with Gasteiger partial charge < -0.3 is 15.4 Å². The molecule has 0 amide bonds. The molecule has 10 heteroatoms. The Morgan fingerprint density at radius 2 is 1.83 bits per heavy atom. The van der Waals surface area contributed by atoms with E-state index in [2.05, 4.69) is 35.4 Å². The predicted octanol–water partition coefficient (Wildman–Crippen LogP) is 3.41. The highest BCUT2D eigenvalue weighted by molar-refractivity contribution is 5.92. The Labute approximate surface area is 165 Å². The van der Waals surface area contributed by atoms with Crippen LogP contribution in [0.2, 0.25) is 0 Å². The van der Waals surface area contributed by atoms with Crippen molar-refractivity contribution in [3.8, 4) is 5.75 Å².